The van der Waals surface area contributed by atoms with Crippen LogP contribution in [-0.2, 0) is 40.4 Å². The van der Waals surface area contributed by atoms with Crippen molar-refractivity contribution in [3.63, 3.8) is 0 Å². The predicted molar refractivity (Wildman–Crippen MR) is 287 cm³/mol. The molecule has 18 nitrogen and oxygen atoms in total. The number of rotatable bonds is 14. The Kier molecular flexibility index (Phi) is 14.8. The first-order valence-electron chi connectivity index (χ1n) is 25.3. The van der Waals surface area contributed by atoms with Gasteiger partial charge >= 0.3 is 12.0 Å². The van der Waals surface area contributed by atoms with Crippen LogP contribution >= 0.6 is 23.2 Å². The van der Waals surface area contributed by atoms with Crippen LogP contribution in [0.1, 0.15) is 70.4 Å². The topological polar surface area (TPSA) is 208 Å². The molecule has 75 heavy (non-hydrogen) atoms. The Hall–Kier alpha value is -7.46. The van der Waals surface area contributed by atoms with Gasteiger partial charge in [0.2, 0.25) is 11.8 Å². The van der Waals surface area contributed by atoms with Crippen LogP contribution in [0.2, 0.25) is 10.0 Å². The number of benzene rings is 4. The summed E-state index contributed by atoms with van der Waals surface area (Å²) in [6.07, 6.45) is 3.10. The molecule has 0 bridgehead atoms. The standard InChI is InChI=1S/C55H58Cl2N12O6/c1-32-12-14-36(25-43(32)57)61-54(74)60-27-35-13-15-39-41(29-69(53(39)73)46-16-17-47(70)63-51(46)71)49(35)59-26-33(2)52(72)68-24-23-67(28-37(68)18-20-58)50-40-19-22-66(45-11-5-8-34-7-4-10-42(56)48(34)45)30-44(40)62-55(64-50)75-31-38-9-6-21-65(38)3/h4-5,7-8,10-15,25,37-38,46,59H,2,6,9,16-19,21-24,26-31H2,1,3H3,(H2,60,61,74)(H,63,70,71)/t37-,38-,46?/m0/s1. The van der Waals surface area contributed by atoms with E-state index in [-0.39, 0.29) is 74.9 Å². The molecule has 3 fully saturated rings. The lowest BCUT2D eigenvalue weighted by Gasteiger charge is -2.42. The van der Waals surface area contributed by atoms with Crippen molar-refractivity contribution in [3.05, 3.63) is 122 Å². The molecule has 6 heterocycles. The first-order valence-corrected chi connectivity index (χ1v) is 26.1. The fraction of sp³-hybridized carbons (Fsp3) is 0.382. The van der Waals surface area contributed by atoms with Crippen molar-refractivity contribution < 1.29 is 28.7 Å². The first-order chi connectivity index (χ1) is 36.2. The number of likely N-dealkylation sites (N-methyl/N-ethyl adjacent to an activating group) is 1. The number of anilines is 4. The van der Waals surface area contributed by atoms with Gasteiger partial charge in [-0.25, -0.2) is 4.79 Å². The van der Waals surface area contributed by atoms with Gasteiger partial charge in [0, 0.05) is 108 Å². The van der Waals surface area contributed by atoms with E-state index in [9.17, 15) is 29.2 Å². The zero-order chi connectivity index (χ0) is 52.5. The highest BCUT2D eigenvalue weighted by molar-refractivity contribution is 6.36. The van der Waals surface area contributed by atoms with Crippen LogP contribution in [0.25, 0.3) is 10.8 Å². The number of urea groups is 1. The molecule has 6 amide bonds. The van der Waals surface area contributed by atoms with Crippen molar-refractivity contribution in [3.8, 4) is 12.1 Å². The molecule has 4 aromatic carbocycles. The zero-order valence-electron chi connectivity index (χ0n) is 41.9. The zero-order valence-corrected chi connectivity index (χ0v) is 43.4. The Morgan fingerprint density at radius 2 is 1.75 bits per heavy atom. The molecule has 388 valence electrons. The van der Waals surface area contributed by atoms with Gasteiger partial charge in [-0.15, -0.1) is 0 Å². The number of ether oxygens (including phenoxy) is 1. The van der Waals surface area contributed by atoms with Crippen LogP contribution in [0.15, 0.2) is 78.9 Å². The number of likely N-dealkylation sites (tertiary alicyclic amines) is 1. The Bertz CT molecular complexity index is 3180. The third kappa shape index (κ3) is 10.6. The van der Waals surface area contributed by atoms with Crippen molar-refractivity contribution in [2.24, 2.45) is 0 Å². The number of fused-ring (bicyclic) bond motifs is 3. The Morgan fingerprint density at radius 3 is 2.52 bits per heavy atom. The molecule has 0 radical (unpaired) electrons. The van der Waals surface area contributed by atoms with E-state index in [0.717, 1.165) is 58.5 Å². The fourth-order valence-electron chi connectivity index (χ4n) is 11.0. The van der Waals surface area contributed by atoms with Crippen LogP contribution in [0.5, 0.6) is 6.01 Å². The number of nitriles is 1. The number of amides is 6. The number of imide groups is 1. The van der Waals surface area contributed by atoms with E-state index in [1.165, 1.54) is 4.90 Å². The van der Waals surface area contributed by atoms with E-state index in [1.54, 1.807) is 35.2 Å². The van der Waals surface area contributed by atoms with Crippen LogP contribution in [0.4, 0.5) is 27.7 Å². The van der Waals surface area contributed by atoms with E-state index in [4.69, 9.17) is 37.9 Å². The molecule has 4 N–H and O–H groups in total. The van der Waals surface area contributed by atoms with E-state index in [0.29, 0.717) is 77.3 Å². The van der Waals surface area contributed by atoms with Gasteiger partial charge in [-0.2, -0.15) is 15.2 Å². The number of piperazine rings is 1. The average molecular weight is 1050 g/mol. The van der Waals surface area contributed by atoms with Gasteiger partial charge in [-0.3, -0.25) is 24.5 Å². The maximum Gasteiger partial charge on any atom is 0.319 e. The average Bonchev–Trinajstić information content (AvgIpc) is 4.00. The number of carbonyl (C=O) groups excluding carboxylic acids is 5. The largest absolute Gasteiger partial charge is 0.462 e. The number of hydrogen-bond donors (Lipinski definition) is 4. The summed E-state index contributed by atoms with van der Waals surface area (Å²) < 4.78 is 6.42. The summed E-state index contributed by atoms with van der Waals surface area (Å²) in [6, 6.07) is 21.7. The Morgan fingerprint density at radius 1 is 0.920 bits per heavy atom. The summed E-state index contributed by atoms with van der Waals surface area (Å²) in [4.78, 5) is 86.7. The minimum atomic E-state index is -0.855. The second-order valence-corrected chi connectivity index (χ2v) is 20.7. The maximum atomic E-state index is 14.6. The highest BCUT2D eigenvalue weighted by atomic mass is 35.5. The predicted octanol–water partition coefficient (Wildman–Crippen LogP) is 6.96. The molecule has 5 aromatic rings. The number of aromatic nitrogens is 2. The molecule has 3 atom stereocenters. The van der Waals surface area contributed by atoms with Crippen LogP contribution in [0, 0.1) is 18.3 Å². The lowest BCUT2D eigenvalue weighted by atomic mass is 10.0. The molecule has 10 rings (SSSR count). The number of piperidine rings is 1. The third-order valence-corrected chi connectivity index (χ3v) is 15.8. The monoisotopic (exact) mass is 1050 g/mol. The van der Waals surface area contributed by atoms with E-state index < -0.39 is 29.9 Å². The van der Waals surface area contributed by atoms with Crippen LogP contribution in [-0.4, -0.2) is 125 Å². The summed E-state index contributed by atoms with van der Waals surface area (Å²) in [7, 11) is 2.10. The van der Waals surface area contributed by atoms with E-state index in [1.807, 2.05) is 25.1 Å². The number of hydrogen-bond acceptors (Lipinski definition) is 13. The highest BCUT2D eigenvalue weighted by Crippen LogP contribution is 2.39. The second kappa shape index (κ2) is 21.8. The number of nitrogens with zero attached hydrogens (tertiary/aromatic N) is 8. The molecule has 3 saturated heterocycles. The summed E-state index contributed by atoms with van der Waals surface area (Å²) in [5.74, 6) is -0.921. The fourth-order valence-corrected chi connectivity index (χ4v) is 11.4. The van der Waals surface area contributed by atoms with E-state index >= 15 is 0 Å². The smallest absolute Gasteiger partial charge is 0.319 e. The van der Waals surface area contributed by atoms with Crippen LogP contribution in [0.3, 0.4) is 0 Å². The van der Waals surface area contributed by atoms with Crippen LogP contribution < -0.4 is 35.8 Å². The number of halogens is 2. The molecular formula is C55H58Cl2N12O6. The lowest BCUT2D eigenvalue weighted by molar-refractivity contribution is -0.137. The molecule has 5 aliphatic rings. The van der Waals surface area contributed by atoms with Crippen molar-refractivity contribution >= 4 is 86.5 Å². The van der Waals surface area contributed by atoms with Crippen molar-refractivity contribution in [1.29, 1.82) is 5.26 Å². The quantitative estimate of drug-likeness (QED) is 0.0656. The summed E-state index contributed by atoms with van der Waals surface area (Å²) in [5.41, 5.74) is 6.47. The van der Waals surface area contributed by atoms with Gasteiger partial charge in [0.25, 0.3) is 11.8 Å². The van der Waals surface area contributed by atoms with Gasteiger partial charge < -0.3 is 45.2 Å². The number of aryl methyl sites for hydroxylation is 1. The van der Waals surface area contributed by atoms with Gasteiger partial charge in [-0.1, -0.05) is 66.2 Å². The molecule has 1 unspecified atom stereocenters. The Balaban J connectivity index is 0.874. The molecule has 5 aliphatic heterocycles. The summed E-state index contributed by atoms with van der Waals surface area (Å²) in [6.45, 7) is 9.77. The van der Waals surface area contributed by atoms with Gasteiger partial charge in [-0.05, 0) is 93.0 Å². The van der Waals surface area contributed by atoms with Gasteiger partial charge in [0.05, 0.1) is 35.8 Å². The van der Waals surface area contributed by atoms with Gasteiger partial charge in [0.15, 0.2) is 0 Å². The van der Waals surface area contributed by atoms with Crippen molar-refractivity contribution in [1.82, 2.24) is 35.3 Å². The minimum Gasteiger partial charge on any atom is -0.462 e. The molecule has 0 saturated carbocycles. The van der Waals surface area contributed by atoms with Crippen molar-refractivity contribution in [2.45, 2.75) is 83.2 Å². The second-order valence-electron chi connectivity index (χ2n) is 19.8. The molecule has 0 spiro atoms. The minimum absolute atomic E-state index is 0.0208. The highest BCUT2D eigenvalue weighted by Gasteiger charge is 2.41. The number of nitrogens with one attached hydrogen (secondary N) is 4. The normalized spacial score (nSPS) is 19.6. The molecular weight excluding hydrogens is 996 g/mol. The molecule has 1 aromatic heterocycles. The summed E-state index contributed by atoms with van der Waals surface area (Å²) >= 11 is 13.1. The van der Waals surface area contributed by atoms with Crippen molar-refractivity contribution in [2.75, 3.05) is 73.4 Å². The van der Waals surface area contributed by atoms with Gasteiger partial charge in [0.1, 0.15) is 18.5 Å². The maximum absolute atomic E-state index is 14.6. The SMILES string of the molecule is C=C(CNc1c(CNC(=O)Nc2ccc(C)c(Cl)c2)ccc2c1CN(C1CCC(=O)NC1=O)C2=O)C(=O)N1CCN(c2nc(OC[C@@H]3CCCN3C)nc3c2CCN(c2cccc4cccc(Cl)c24)C3)C[C@@H]1CC#N. The van der Waals surface area contributed by atoms with E-state index in [2.05, 4.69) is 73.9 Å². The Labute approximate surface area is 445 Å². The number of carbonyl (C=O) groups is 5. The molecule has 0 aliphatic carbocycles. The lowest BCUT2D eigenvalue weighted by Crippen LogP contribution is -2.56. The third-order valence-electron chi connectivity index (χ3n) is 15.1. The molecule has 20 heteroatoms. The summed E-state index contributed by atoms with van der Waals surface area (Å²) in [5, 5.41) is 24.8. The first kappa shape index (κ1) is 51.0.